The van der Waals surface area contributed by atoms with Gasteiger partial charge in [0.1, 0.15) is 0 Å². The molecule has 23 heavy (non-hydrogen) atoms. The summed E-state index contributed by atoms with van der Waals surface area (Å²) in [5.41, 5.74) is 1.36. The van der Waals surface area contributed by atoms with Crippen LogP contribution in [0.1, 0.15) is 22.3 Å². The lowest BCUT2D eigenvalue weighted by Crippen LogP contribution is -2.30. The van der Waals surface area contributed by atoms with Gasteiger partial charge in [0, 0.05) is 35.1 Å². The van der Waals surface area contributed by atoms with Crippen molar-refractivity contribution < 1.29 is 9.59 Å². The highest BCUT2D eigenvalue weighted by Gasteiger charge is 2.07. The lowest BCUT2D eigenvalue weighted by Gasteiger charge is -2.08. The molecule has 2 amide bonds. The van der Waals surface area contributed by atoms with E-state index < -0.39 is 0 Å². The third-order valence-electron chi connectivity index (χ3n) is 3.16. The highest BCUT2D eigenvalue weighted by molar-refractivity contribution is 6.35. The Morgan fingerprint density at radius 2 is 1.70 bits per heavy atom. The normalized spacial score (nSPS) is 10.2. The van der Waals surface area contributed by atoms with Gasteiger partial charge in [-0.25, -0.2) is 0 Å². The molecule has 120 valence electrons. The number of carbonyl (C=O) groups excluding carboxylic acids is 2. The van der Waals surface area contributed by atoms with Crippen molar-refractivity contribution in [2.45, 2.75) is 13.0 Å². The Morgan fingerprint density at radius 1 is 0.957 bits per heavy atom. The number of nitrogens with one attached hydrogen (secondary N) is 2. The first-order chi connectivity index (χ1) is 11.1. The maximum Gasteiger partial charge on any atom is 0.251 e. The van der Waals surface area contributed by atoms with Gasteiger partial charge in [0.15, 0.2) is 0 Å². The monoisotopic (exact) mass is 350 g/mol. The zero-order valence-electron chi connectivity index (χ0n) is 12.3. The predicted octanol–water partition coefficient (Wildman–Crippen LogP) is 3.43. The van der Waals surface area contributed by atoms with Crippen LogP contribution < -0.4 is 10.6 Å². The number of halogens is 2. The standard InChI is InChI=1S/C17H16Cl2N2O2/c18-14-7-6-13(15(19)10-14)11-21-16(22)8-9-20-17(23)12-4-2-1-3-5-12/h1-7,10H,8-9,11H2,(H,20,23)(H,21,22). The van der Waals surface area contributed by atoms with E-state index in [9.17, 15) is 9.59 Å². The molecule has 0 bridgehead atoms. The Kier molecular flexibility index (Phi) is 6.44. The number of rotatable bonds is 6. The lowest BCUT2D eigenvalue weighted by atomic mass is 10.2. The molecule has 2 aromatic carbocycles. The van der Waals surface area contributed by atoms with Crippen molar-refractivity contribution in [1.82, 2.24) is 10.6 Å². The van der Waals surface area contributed by atoms with E-state index in [1.54, 1.807) is 42.5 Å². The van der Waals surface area contributed by atoms with Crippen molar-refractivity contribution in [3.8, 4) is 0 Å². The van der Waals surface area contributed by atoms with Gasteiger partial charge in [-0.3, -0.25) is 9.59 Å². The third-order valence-corrected chi connectivity index (χ3v) is 3.75. The van der Waals surface area contributed by atoms with Gasteiger partial charge in [-0.15, -0.1) is 0 Å². The van der Waals surface area contributed by atoms with E-state index in [0.717, 1.165) is 5.56 Å². The lowest BCUT2D eigenvalue weighted by molar-refractivity contribution is -0.121. The largest absolute Gasteiger partial charge is 0.352 e. The fourth-order valence-electron chi connectivity index (χ4n) is 1.93. The third kappa shape index (κ3) is 5.58. The van der Waals surface area contributed by atoms with Crippen LogP contribution in [-0.4, -0.2) is 18.4 Å². The fourth-order valence-corrected chi connectivity index (χ4v) is 2.40. The molecule has 0 aromatic heterocycles. The second-order valence-corrected chi connectivity index (χ2v) is 5.73. The summed E-state index contributed by atoms with van der Waals surface area (Å²) in [7, 11) is 0. The van der Waals surface area contributed by atoms with Crippen molar-refractivity contribution in [2.75, 3.05) is 6.54 Å². The fraction of sp³-hybridized carbons (Fsp3) is 0.176. The van der Waals surface area contributed by atoms with Crippen LogP contribution in [0.2, 0.25) is 10.0 Å². The summed E-state index contributed by atoms with van der Waals surface area (Å²) in [5.74, 6) is -0.358. The maximum atomic E-state index is 11.8. The summed E-state index contributed by atoms with van der Waals surface area (Å²) in [5, 5.41) is 6.52. The van der Waals surface area contributed by atoms with Gasteiger partial charge in [0.2, 0.25) is 5.91 Å². The van der Waals surface area contributed by atoms with E-state index in [0.29, 0.717) is 22.2 Å². The molecule has 0 radical (unpaired) electrons. The average Bonchev–Trinajstić information content (AvgIpc) is 2.54. The first-order valence-electron chi connectivity index (χ1n) is 7.10. The van der Waals surface area contributed by atoms with Crippen molar-refractivity contribution in [3.63, 3.8) is 0 Å². The van der Waals surface area contributed by atoms with E-state index >= 15 is 0 Å². The molecular weight excluding hydrogens is 335 g/mol. The molecule has 6 heteroatoms. The topological polar surface area (TPSA) is 58.2 Å². The Labute approximate surface area is 144 Å². The van der Waals surface area contributed by atoms with Crippen LogP contribution in [0.3, 0.4) is 0 Å². The van der Waals surface area contributed by atoms with Gasteiger partial charge < -0.3 is 10.6 Å². The molecule has 0 fully saturated rings. The van der Waals surface area contributed by atoms with Crippen LogP contribution in [0.4, 0.5) is 0 Å². The minimum absolute atomic E-state index is 0.163. The quantitative estimate of drug-likeness (QED) is 0.838. The molecule has 0 unspecified atom stereocenters. The first kappa shape index (κ1) is 17.3. The highest BCUT2D eigenvalue weighted by Crippen LogP contribution is 2.20. The number of carbonyl (C=O) groups is 2. The number of benzene rings is 2. The smallest absolute Gasteiger partial charge is 0.251 e. The van der Waals surface area contributed by atoms with Gasteiger partial charge in [-0.1, -0.05) is 47.5 Å². The van der Waals surface area contributed by atoms with Crippen LogP contribution >= 0.6 is 23.2 Å². The molecule has 4 nitrogen and oxygen atoms in total. The van der Waals surface area contributed by atoms with E-state index in [1.165, 1.54) is 0 Å². The SMILES string of the molecule is O=C(CCNC(=O)c1ccccc1)NCc1ccc(Cl)cc1Cl. The minimum atomic E-state index is -0.195. The number of amides is 2. The van der Waals surface area contributed by atoms with E-state index in [1.807, 2.05) is 6.07 Å². The molecule has 0 heterocycles. The Balaban J connectivity index is 1.72. The summed E-state index contributed by atoms with van der Waals surface area (Å²) >= 11 is 11.9. The summed E-state index contributed by atoms with van der Waals surface area (Å²) in [6, 6.07) is 14.0. The molecule has 0 atom stereocenters. The summed E-state index contributed by atoms with van der Waals surface area (Å²) in [6.07, 6.45) is 0.198. The summed E-state index contributed by atoms with van der Waals surface area (Å²) in [4.78, 5) is 23.6. The molecule has 0 spiro atoms. The van der Waals surface area contributed by atoms with Crippen molar-refractivity contribution in [3.05, 3.63) is 69.7 Å². The molecule has 2 aromatic rings. The van der Waals surface area contributed by atoms with E-state index in [2.05, 4.69) is 10.6 Å². The van der Waals surface area contributed by atoms with Crippen LogP contribution in [0.25, 0.3) is 0 Å². The van der Waals surface area contributed by atoms with Gasteiger partial charge in [-0.05, 0) is 29.8 Å². The maximum absolute atomic E-state index is 11.8. The first-order valence-corrected chi connectivity index (χ1v) is 7.86. The minimum Gasteiger partial charge on any atom is -0.352 e. The zero-order chi connectivity index (χ0) is 16.7. The summed E-state index contributed by atoms with van der Waals surface area (Å²) in [6.45, 7) is 0.593. The van der Waals surface area contributed by atoms with Crippen LogP contribution in [0.15, 0.2) is 48.5 Å². The average molecular weight is 351 g/mol. The molecule has 0 aliphatic heterocycles. The Bertz CT molecular complexity index is 690. The van der Waals surface area contributed by atoms with Gasteiger partial charge in [0.05, 0.1) is 0 Å². The predicted molar refractivity (Wildman–Crippen MR) is 91.7 cm³/mol. The molecule has 2 N–H and O–H groups in total. The molecule has 0 saturated heterocycles. The second kappa shape index (κ2) is 8.56. The number of hydrogen-bond acceptors (Lipinski definition) is 2. The molecule has 0 saturated carbocycles. The van der Waals surface area contributed by atoms with Gasteiger partial charge in [0.25, 0.3) is 5.91 Å². The van der Waals surface area contributed by atoms with Crippen LogP contribution in [0, 0.1) is 0 Å². The zero-order valence-corrected chi connectivity index (χ0v) is 13.8. The van der Waals surface area contributed by atoms with Crippen molar-refractivity contribution >= 4 is 35.0 Å². The number of hydrogen-bond donors (Lipinski definition) is 2. The van der Waals surface area contributed by atoms with E-state index in [-0.39, 0.29) is 24.8 Å². The summed E-state index contributed by atoms with van der Waals surface area (Å²) < 4.78 is 0. The van der Waals surface area contributed by atoms with Crippen molar-refractivity contribution in [1.29, 1.82) is 0 Å². The van der Waals surface area contributed by atoms with Crippen LogP contribution in [0.5, 0.6) is 0 Å². The molecule has 2 rings (SSSR count). The highest BCUT2D eigenvalue weighted by atomic mass is 35.5. The Morgan fingerprint density at radius 3 is 2.39 bits per heavy atom. The molecule has 0 aliphatic carbocycles. The van der Waals surface area contributed by atoms with Gasteiger partial charge >= 0.3 is 0 Å². The molecular formula is C17H16Cl2N2O2. The second-order valence-electron chi connectivity index (χ2n) is 4.88. The van der Waals surface area contributed by atoms with E-state index in [4.69, 9.17) is 23.2 Å². The van der Waals surface area contributed by atoms with Crippen LogP contribution in [-0.2, 0) is 11.3 Å². The Hall–Kier alpha value is -2.04. The van der Waals surface area contributed by atoms with Crippen molar-refractivity contribution in [2.24, 2.45) is 0 Å². The van der Waals surface area contributed by atoms with Gasteiger partial charge in [-0.2, -0.15) is 0 Å². The molecule has 0 aliphatic rings.